The van der Waals surface area contributed by atoms with Crippen molar-refractivity contribution < 1.29 is 4.79 Å². The number of nitrogens with one attached hydrogen (secondary N) is 2. The Kier molecular flexibility index (Phi) is 3.09. The van der Waals surface area contributed by atoms with Crippen LogP contribution in [0.4, 0.5) is 0 Å². The fraction of sp³-hybridized carbons (Fsp3) is 0.211. The summed E-state index contributed by atoms with van der Waals surface area (Å²) in [5.74, 6) is 0.248. The highest BCUT2D eigenvalue weighted by Gasteiger charge is 2.44. The maximum Gasteiger partial charge on any atom is 0.171 e. The van der Waals surface area contributed by atoms with Gasteiger partial charge in [-0.15, -0.1) is 0 Å². The number of fused-ring (bicyclic) bond motifs is 1. The van der Waals surface area contributed by atoms with E-state index >= 15 is 0 Å². The van der Waals surface area contributed by atoms with E-state index in [-0.39, 0.29) is 11.2 Å². The number of benzene rings is 2. The zero-order valence-electron chi connectivity index (χ0n) is 12.3. The molecule has 2 N–H and O–H groups in total. The molecular weight excluding hydrogens is 272 g/mol. The zero-order valence-corrected chi connectivity index (χ0v) is 12.3. The number of ketones is 1. The van der Waals surface area contributed by atoms with E-state index in [0.29, 0.717) is 0 Å². The van der Waals surface area contributed by atoms with E-state index in [1.807, 2.05) is 48.7 Å². The second-order valence-corrected chi connectivity index (χ2v) is 6.16. The largest absolute Gasteiger partial charge is 0.361 e. The molecule has 1 saturated heterocycles. The van der Waals surface area contributed by atoms with Gasteiger partial charge in [0.05, 0.1) is 5.41 Å². The molecule has 22 heavy (non-hydrogen) atoms. The summed E-state index contributed by atoms with van der Waals surface area (Å²) in [6.07, 6.45) is 2.70. The first-order valence-electron chi connectivity index (χ1n) is 7.63. The Morgan fingerprint density at radius 3 is 2.59 bits per heavy atom. The molecule has 0 amide bonds. The molecule has 2 heterocycles. The van der Waals surface area contributed by atoms with Crippen molar-refractivity contribution in [2.75, 3.05) is 13.1 Å². The minimum absolute atomic E-state index is 0.248. The van der Waals surface area contributed by atoms with Gasteiger partial charge in [0.25, 0.3) is 0 Å². The second-order valence-electron chi connectivity index (χ2n) is 6.16. The molecule has 1 aromatic heterocycles. The van der Waals surface area contributed by atoms with Gasteiger partial charge in [-0.3, -0.25) is 4.79 Å². The molecule has 0 aliphatic carbocycles. The van der Waals surface area contributed by atoms with Gasteiger partial charge in [-0.05, 0) is 36.2 Å². The average Bonchev–Trinajstić information content (AvgIpc) is 2.99. The van der Waals surface area contributed by atoms with Gasteiger partial charge in [0.15, 0.2) is 5.78 Å². The second kappa shape index (κ2) is 5.11. The summed E-state index contributed by atoms with van der Waals surface area (Å²) >= 11 is 0. The molecule has 1 aliphatic heterocycles. The summed E-state index contributed by atoms with van der Waals surface area (Å²) < 4.78 is 0. The fourth-order valence-electron chi connectivity index (χ4n) is 3.28. The molecule has 4 rings (SSSR count). The molecular formula is C19H18N2O. The molecule has 0 atom stereocenters. The van der Waals surface area contributed by atoms with Crippen LogP contribution in [0.15, 0.2) is 60.8 Å². The number of hydrogen-bond acceptors (Lipinski definition) is 2. The minimum Gasteiger partial charge on any atom is -0.361 e. The van der Waals surface area contributed by atoms with Crippen molar-refractivity contribution in [3.8, 4) is 0 Å². The smallest absolute Gasteiger partial charge is 0.171 e. The van der Waals surface area contributed by atoms with Crippen LogP contribution in [0.1, 0.15) is 15.9 Å². The maximum absolute atomic E-state index is 13.1. The minimum atomic E-state index is -0.300. The lowest BCUT2D eigenvalue weighted by molar-refractivity contribution is 0.0678. The van der Waals surface area contributed by atoms with Crippen LogP contribution in [0.25, 0.3) is 10.9 Å². The van der Waals surface area contributed by atoms with Crippen LogP contribution in [0, 0.1) is 5.41 Å². The third kappa shape index (κ3) is 2.14. The van der Waals surface area contributed by atoms with Crippen molar-refractivity contribution in [1.82, 2.24) is 10.3 Å². The van der Waals surface area contributed by atoms with E-state index in [1.54, 1.807) is 0 Å². The molecule has 1 aliphatic rings. The van der Waals surface area contributed by atoms with Crippen molar-refractivity contribution in [2.24, 2.45) is 5.41 Å². The van der Waals surface area contributed by atoms with Gasteiger partial charge < -0.3 is 10.3 Å². The number of carbonyl (C=O) groups excluding carboxylic acids is 1. The highest BCUT2D eigenvalue weighted by Crippen LogP contribution is 2.32. The van der Waals surface area contributed by atoms with Crippen molar-refractivity contribution in [1.29, 1.82) is 0 Å². The molecule has 0 radical (unpaired) electrons. The number of H-pyrrole nitrogens is 1. The molecule has 3 heteroatoms. The van der Waals surface area contributed by atoms with Crippen LogP contribution in [0.3, 0.4) is 0 Å². The predicted molar refractivity (Wildman–Crippen MR) is 88.1 cm³/mol. The average molecular weight is 290 g/mol. The number of aromatic nitrogens is 1. The van der Waals surface area contributed by atoms with Crippen molar-refractivity contribution in [3.63, 3.8) is 0 Å². The lowest BCUT2D eigenvalue weighted by Gasteiger charge is -2.41. The third-order valence-electron chi connectivity index (χ3n) is 4.61. The molecule has 0 saturated carbocycles. The quantitative estimate of drug-likeness (QED) is 0.725. The number of hydrogen-bond donors (Lipinski definition) is 2. The van der Waals surface area contributed by atoms with Crippen LogP contribution in [0.5, 0.6) is 0 Å². The monoisotopic (exact) mass is 290 g/mol. The number of carbonyl (C=O) groups is 1. The Morgan fingerprint density at radius 1 is 1.05 bits per heavy atom. The van der Waals surface area contributed by atoms with Gasteiger partial charge in [0, 0.05) is 35.8 Å². The van der Waals surface area contributed by atoms with Gasteiger partial charge in [0.2, 0.25) is 0 Å². The highest BCUT2D eigenvalue weighted by molar-refractivity contribution is 6.04. The van der Waals surface area contributed by atoms with Crippen molar-refractivity contribution in [3.05, 3.63) is 71.9 Å². The lowest BCUT2D eigenvalue weighted by atomic mass is 9.71. The van der Waals surface area contributed by atoms with Crippen molar-refractivity contribution in [2.45, 2.75) is 6.42 Å². The molecule has 110 valence electrons. The SMILES string of the molecule is O=C(c1ccc2[nH]ccc2c1)C1(Cc2ccccc2)CNC1. The lowest BCUT2D eigenvalue weighted by Crippen LogP contribution is -2.59. The first-order chi connectivity index (χ1) is 10.8. The van der Waals surface area contributed by atoms with Crippen LogP contribution < -0.4 is 5.32 Å². The molecule has 1 fully saturated rings. The van der Waals surface area contributed by atoms with Crippen LogP contribution in [0.2, 0.25) is 0 Å². The van der Waals surface area contributed by atoms with Gasteiger partial charge in [-0.2, -0.15) is 0 Å². The molecule has 0 bridgehead atoms. The summed E-state index contributed by atoms with van der Waals surface area (Å²) in [5, 5.41) is 4.37. The Hall–Kier alpha value is -2.39. The number of aromatic amines is 1. The maximum atomic E-state index is 13.1. The molecule has 0 spiro atoms. The Morgan fingerprint density at radius 2 is 1.86 bits per heavy atom. The zero-order chi connectivity index (χ0) is 15.0. The van der Waals surface area contributed by atoms with Gasteiger partial charge in [-0.25, -0.2) is 0 Å². The highest BCUT2D eigenvalue weighted by atomic mass is 16.1. The predicted octanol–water partition coefficient (Wildman–Crippen LogP) is 3.18. The standard InChI is InChI=1S/C19H18N2O/c22-18(16-6-7-17-15(10-16)8-9-21-17)19(12-20-13-19)11-14-4-2-1-3-5-14/h1-10,20-21H,11-13H2. The summed E-state index contributed by atoms with van der Waals surface area (Å²) in [5.41, 5.74) is 2.80. The molecule has 2 aromatic carbocycles. The fourth-order valence-corrected chi connectivity index (χ4v) is 3.28. The van der Waals surface area contributed by atoms with E-state index in [1.165, 1.54) is 5.56 Å². The summed E-state index contributed by atoms with van der Waals surface area (Å²) in [6.45, 7) is 1.51. The normalized spacial score (nSPS) is 16.4. The van der Waals surface area contributed by atoms with Gasteiger partial charge >= 0.3 is 0 Å². The summed E-state index contributed by atoms with van der Waals surface area (Å²) in [6, 6.07) is 18.2. The molecule has 3 nitrogen and oxygen atoms in total. The van der Waals surface area contributed by atoms with Gasteiger partial charge in [-0.1, -0.05) is 30.3 Å². The number of rotatable bonds is 4. The Labute approximate surface area is 129 Å². The molecule has 3 aromatic rings. The van der Waals surface area contributed by atoms with E-state index in [0.717, 1.165) is 36.0 Å². The van der Waals surface area contributed by atoms with E-state index in [9.17, 15) is 4.79 Å². The van der Waals surface area contributed by atoms with Crippen LogP contribution in [-0.4, -0.2) is 23.9 Å². The number of Topliss-reactive ketones (excluding diaryl/α,β-unsaturated/α-hetero) is 1. The van der Waals surface area contributed by atoms with Crippen LogP contribution >= 0.6 is 0 Å². The van der Waals surface area contributed by atoms with E-state index in [4.69, 9.17) is 0 Å². The first-order valence-corrected chi connectivity index (χ1v) is 7.63. The van der Waals surface area contributed by atoms with Gasteiger partial charge in [0.1, 0.15) is 0 Å². The van der Waals surface area contributed by atoms with Crippen molar-refractivity contribution >= 4 is 16.7 Å². The Bertz CT molecular complexity index is 816. The van der Waals surface area contributed by atoms with E-state index < -0.39 is 0 Å². The summed E-state index contributed by atoms with van der Waals surface area (Å²) in [4.78, 5) is 16.2. The topological polar surface area (TPSA) is 44.9 Å². The van der Waals surface area contributed by atoms with E-state index in [2.05, 4.69) is 22.4 Å². The molecule has 0 unspecified atom stereocenters. The summed E-state index contributed by atoms with van der Waals surface area (Å²) in [7, 11) is 0. The van der Waals surface area contributed by atoms with Crippen LogP contribution in [-0.2, 0) is 6.42 Å². The third-order valence-corrected chi connectivity index (χ3v) is 4.61. The Balaban J connectivity index is 1.66. The first kappa shape index (κ1) is 13.3.